The molecule has 26 heavy (non-hydrogen) atoms. The standard InChI is InChI=1S/C18H21N3O4S/c1-11-8-14(10-16(12(11)2)26(24,25)20-4)18(23)21-15-7-5-6-13(9-15)17(22)19-3/h5-10,20H,1-4H3,(H,19,22)(H,21,23). The number of anilines is 1. The summed E-state index contributed by atoms with van der Waals surface area (Å²) >= 11 is 0. The van der Waals surface area contributed by atoms with Crippen LogP contribution in [-0.4, -0.2) is 34.3 Å². The first-order valence-electron chi connectivity index (χ1n) is 7.88. The number of hydrogen-bond donors (Lipinski definition) is 3. The quantitative estimate of drug-likeness (QED) is 0.741. The van der Waals surface area contributed by atoms with Crippen molar-refractivity contribution in [3.8, 4) is 0 Å². The molecule has 0 saturated heterocycles. The Kier molecular flexibility index (Phi) is 5.79. The molecule has 2 aromatic carbocycles. The lowest BCUT2D eigenvalue weighted by Crippen LogP contribution is -2.21. The first-order chi connectivity index (χ1) is 12.2. The molecule has 0 unspecified atom stereocenters. The second-order valence-electron chi connectivity index (χ2n) is 5.74. The zero-order valence-electron chi connectivity index (χ0n) is 15.0. The molecule has 0 aliphatic carbocycles. The van der Waals surface area contributed by atoms with Crippen LogP contribution in [0.5, 0.6) is 0 Å². The third-order valence-corrected chi connectivity index (χ3v) is 5.59. The molecule has 7 nitrogen and oxygen atoms in total. The van der Waals surface area contributed by atoms with Crippen LogP contribution in [0.4, 0.5) is 5.69 Å². The molecular formula is C18H21N3O4S. The zero-order valence-corrected chi connectivity index (χ0v) is 15.8. The number of benzene rings is 2. The SMILES string of the molecule is CNC(=O)c1cccc(NC(=O)c2cc(C)c(C)c(S(=O)(=O)NC)c2)c1. The van der Waals surface area contributed by atoms with E-state index < -0.39 is 15.9 Å². The molecule has 0 atom stereocenters. The molecule has 138 valence electrons. The molecule has 0 heterocycles. The highest BCUT2D eigenvalue weighted by Gasteiger charge is 2.19. The summed E-state index contributed by atoms with van der Waals surface area (Å²) in [6, 6.07) is 9.44. The van der Waals surface area contributed by atoms with E-state index in [1.165, 1.54) is 20.2 Å². The first-order valence-corrected chi connectivity index (χ1v) is 9.36. The predicted octanol–water partition coefficient (Wildman–Crippen LogP) is 1.82. The molecule has 3 N–H and O–H groups in total. The highest BCUT2D eigenvalue weighted by molar-refractivity contribution is 7.89. The lowest BCUT2D eigenvalue weighted by atomic mass is 10.1. The summed E-state index contributed by atoms with van der Waals surface area (Å²) in [7, 11) is -0.844. The van der Waals surface area contributed by atoms with Gasteiger partial charge >= 0.3 is 0 Å². The summed E-state index contributed by atoms with van der Waals surface area (Å²) in [6.45, 7) is 3.43. The number of carbonyl (C=O) groups excluding carboxylic acids is 2. The van der Waals surface area contributed by atoms with Gasteiger partial charge in [-0.15, -0.1) is 0 Å². The molecule has 0 aliphatic heterocycles. The van der Waals surface area contributed by atoms with Gasteiger partial charge in [0.25, 0.3) is 11.8 Å². The molecule has 0 bridgehead atoms. The molecule has 0 radical (unpaired) electrons. The number of amides is 2. The molecule has 2 rings (SSSR count). The van der Waals surface area contributed by atoms with Gasteiger partial charge in [0.2, 0.25) is 10.0 Å². The number of aryl methyl sites for hydroxylation is 1. The summed E-state index contributed by atoms with van der Waals surface area (Å²) in [5, 5.41) is 5.20. The molecule has 0 saturated carbocycles. The summed E-state index contributed by atoms with van der Waals surface area (Å²) in [6.07, 6.45) is 0. The third kappa shape index (κ3) is 4.09. The topological polar surface area (TPSA) is 104 Å². The number of hydrogen-bond acceptors (Lipinski definition) is 4. The number of nitrogens with one attached hydrogen (secondary N) is 3. The lowest BCUT2D eigenvalue weighted by molar-refractivity contribution is 0.0961. The molecule has 2 amide bonds. The Balaban J connectivity index is 2.38. The maximum Gasteiger partial charge on any atom is 0.255 e. The molecule has 0 spiro atoms. The molecule has 2 aromatic rings. The largest absolute Gasteiger partial charge is 0.355 e. The Hall–Kier alpha value is -2.71. The van der Waals surface area contributed by atoms with Crippen molar-refractivity contribution in [3.63, 3.8) is 0 Å². The molecule has 0 aliphatic rings. The minimum Gasteiger partial charge on any atom is -0.355 e. The minimum absolute atomic E-state index is 0.0595. The highest BCUT2D eigenvalue weighted by Crippen LogP contribution is 2.22. The minimum atomic E-state index is -3.68. The Labute approximate surface area is 152 Å². The van der Waals surface area contributed by atoms with Crippen molar-refractivity contribution in [2.24, 2.45) is 0 Å². The Morgan fingerprint density at radius 2 is 1.62 bits per heavy atom. The molecular weight excluding hydrogens is 354 g/mol. The van der Waals surface area contributed by atoms with Gasteiger partial charge in [-0.1, -0.05) is 6.07 Å². The van der Waals surface area contributed by atoms with Crippen molar-refractivity contribution in [1.82, 2.24) is 10.0 Å². The smallest absolute Gasteiger partial charge is 0.255 e. The van der Waals surface area contributed by atoms with Crippen molar-refractivity contribution < 1.29 is 18.0 Å². The maximum absolute atomic E-state index is 12.6. The van der Waals surface area contributed by atoms with Gasteiger partial charge in [-0.25, -0.2) is 13.1 Å². The van der Waals surface area contributed by atoms with Gasteiger partial charge in [-0.2, -0.15) is 0 Å². The number of carbonyl (C=O) groups is 2. The Bertz CT molecular complexity index is 968. The van der Waals surface area contributed by atoms with Gasteiger partial charge in [0, 0.05) is 23.9 Å². The van der Waals surface area contributed by atoms with E-state index in [1.807, 2.05) is 0 Å². The molecule has 0 fully saturated rings. The fourth-order valence-electron chi connectivity index (χ4n) is 2.43. The van der Waals surface area contributed by atoms with Crippen LogP contribution in [0, 0.1) is 13.8 Å². The van der Waals surface area contributed by atoms with Crippen LogP contribution < -0.4 is 15.4 Å². The van der Waals surface area contributed by atoms with Crippen LogP contribution in [0.1, 0.15) is 31.8 Å². The van der Waals surface area contributed by atoms with E-state index in [1.54, 1.807) is 44.2 Å². The maximum atomic E-state index is 12.6. The van der Waals surface area contributed by atoms with Gasteiger partial charge in [0.1, 0.15) is 0 Å². The number of rotatable bonds is 5. The summed E-state index contributed by atoms with van der Waals surface area (Å²) in [4.78, 5) is 24.3. The van der Waals surface area contributed by atoms with E-state index in [0.717, 1.165) is 0 Å². The van der Waals surface area contributed by atoms with Gasteiger partial charge in [0.15, 0.2) is 0 Å². The fraction of sp³-hybridized carbons (Fsp3) is 0.222. The third-order valence-electron chi connectivity index (χ3n) is 4.05. The number of sulfonamides is 1. The first kappa shape index (κ1) is 19.6. The van der Waals surface area contributed by atoms with E-state index in [0.29, 0.717) is 22.4 Å². The van der Waals surface area contributed by atoms with Crippen LogP contribution in [0.25, 0.3) is 0 Å². The van der Waals surface area contributed by atoms with Gasteiger partial charge in [-0.3, -0.25) is 9.59 Å². The van der Waals surface area contributed by atoms with E-state index in [9.17, 15) is 18.0 Å². The van der Waals surface area contributed by atoms with E-state index >= 15 is 0 Å². The zero-order chi connectivity index (χ0) is 19.5. The lowest BCUT2D eigenvalue weighted by Gasteiger charge is -2.13. The normalized spacial score (nSPS) is 11.1. The summed E-state index contributed by atoms with van der Waals surface area (Å²) in [5.74, 6) is -0.732. The molecule has 8 heteroatoms. The van der Waals surface area contributed by atoms with E-state index in [-0.39, 0.29) is 16.4 Å². The monoisotopic (exact) mass is 375 g/mol. The van der Waals surface area contributed by atoms with Crippen LogP contribution >= 0.6 is 0 Å². The van der Waals surface area contributed by atoms with Crippen LogP contribution in [0.15, 0.2) is 41.3 Å². The second kappa shape index (κ2) is 7.67. The van der Waals surface area contributed by atoms with Gasteiger partial charge in [0.05, 0.1) is 4.90 Å². The van der Waals surface area contributed by atoms with Crippen molar-refractivity contribution in [2.75, 3.05) is 19.4 Å². The average molecular weight is 375 g/mol. The van der Waals surface area contributed by atoms with Crippen molar-refractivity contribution in [2.45, 2.75) is 18.7 Å². The van der Waals surface area contributed by atoms with Crippen molar-refractivity contribution in [1.29, 1.82) is 0 Å². The van der Waals surface area contributed by atoms with Crippen molar-refractivity contribution >= 4 is 27.5 Å². The van der Waals surface area contributed by atoms with Gasteiger partial charge in [-0.05, 0) is 62.4 Å². The van der Waals surface area contributed by atoms with Gasteiger partial charge < -0.3 is 10.6 Å². The van der Waals surface area contributed by atoms with Crippen LogP contribution in [0.3, 0.4) is 0 Å². The average Bonchev–Trinajstić information content (AvgIpc) is 2.63. The second-order valence-corrected chi connectivity index (χ2v) is 7.59. The fourth-order valence-corrected chi connectivity index (χ4v) is 3.50. The summed E-state index contributed by atoms with van der Waals surface area (Å²) < 4.78 is 26.6. The van der Waals surface area contributed by atoms with Crippen molar-refractivity contribution in [3.05, 3.63) is 58.7 Å². The Morgan fingerprint density at radius 1 is 0.923 bits per heavy atom. The van der Waals surface area contributed by atoms with Crippen LogP contribution in [0.2, 0.25) is 0 Å². The Morgan fingerprint density at radius 3 is 2.23 bits per heavy atom. The molecule has 0 aromatic heterocycles. The summed E-state index contributed by atoms with van der Waals surface area (Å²) in [5.41, 5.74) is 2.33. The van der Waals surface area contributed by atoms with E-state index in [4.69, 9.17) is 0 Å². The highest BCUT2D eigenvalue weighted by atomic mass is 32.2. The van der Waals surface area contributed by atoms with Crippen LogP contribution in [-0.2, 0) is 10.0 Å². The van der Waals surface area contributed by atoms with E-state index in [2.05, 4.69) is 15.4 Å². The predicted molar refractivity (Wildman–Crippen MR) is 99.9 cm³/mol.